The maximum atomic E-state index is 6.36. The van der Waals surface area contributed by atoms with Gasteiger partial charge in [0.05, 0.1) is 11.4 Å². The first kappa shape index (κ1) is 14.0. The first-order valence-corrected chi connectivity index (χ1v) is 6.40. The summed E-state index contributed by atoms with van der Waals surface area (Å²) in [5.74, 6) is 5.97. The van der Waals surface area contributed by atoms with Crippen LogP contribution in [0.25, 0.3) is 5.70 Å². The van der Waals surface area contributed by atoms with Crippen LogP contribution in [-0.2, 0) is 6.54 Å². The van der Waals surface area contributed by atoms with Crippen LogP contribution in [0.3, 0.4) is 0 Å². The van der Waals surface area contributed by atoms with E-state index in [-0.39, 0.29) is 0 Å². The summed E-state index contributed by atoms with van der Waals surface area (Å²) in [4.78, 5) is 0. The van der Waals surface area contributed by atoms with Crippen LogP contribution in [0.1, 0.15) is 11.1 Å². The zero-order valence-electron chi connectivity index (χ0n) is 11.7. The van der Waals surface area contributed by atoms with Crippen LogP contribution >= 0.6 is 0 Å². The summed E-state index contributed by atoms with van der Waals surface area (Å²) in [7, 11) is 1.76. The standard InChI is InChI=1S/C16H20N4/c1-4-12-14(5-2)19-10-11-8-6-7-9-13(11)15(17)16(12)20(3)18/h4-9,19H,1-2,10,17-18H2,3H3/b14-12-,16-15-. The van der Waals surface area contributed by atoms with Crippen molar-refractivity contribution >= 4 is 5.70 Å². The molecule has 0 saturated heterocycles. The van der Waals surface area contributed by atoms with Crippen molar-refractivity contribution in [3.8, 4) is 0 Å². The summed E-state index contributed by atoms with van der Waals surface area (Å²) in [5, 5.41) is 4.87. The smallest absolute Gasteiger partial charge is 0.0843 e. The average molecular weight is 268 g/mol. The van der Waals surface area contributed by atoms with Crippen molar-refractivity contribution in [2.45, 2.75) is 6.54 Å². The molecular formula is C16H20N4. The van der Waals surface area contributed by atoms with E-state index in [1.165, 1.54) is 5.01 Å². The number of allylic oxidation sites excluding steroid dienone is 2. The van der Waals surface area contributed by atoms with Crippen LogP contribution < -0.4 is 16.9 Å². The van der Waals surface area contributed by atoms with Crippen molar-refractivity contribution in [3.05, 3.63) is 77.7 Å². The molecule has 0 fully saturated rings. The van der Waals surface area contributed by atoms with E-state index in [0.29, 0.717) is 12.2 Å². The van der Waals surface area contributed by atoms with Gasteiger partial charge >= 0.3 is 0 Å². The van der Waals surface area contributed by atoms with Crippen LogP contribution in [0.4, 0.5) is 0 Å². The monoisotopic (exact) mass is 268 g/mol. The summed E-state index contributed by atoms with van der Waals surface area (Å²) in [6.07, 6.45) is 3.49. The van der Waals surface area contributed by atoms with Gasteiger partial charge in [0, 0.05) is 30.4 Å². The Bertz CT molecular complexity index is 609. The van der Waals surface area contributed by atoms with Gasteiger partial charge in [-0.1, -0.05) is 43.5 Å². The van der Waals surface area contributed by atoms with E-state index >= 15 is 0 Å². The number of benzene rings is 1. The second-order valence-electron chi connectivity index (χ2n) is 4.62. The molecule has 0 radical (unpaired) electrons. The summed E-state index contributed by atoms with van der Waals surface area (Å²) in [6, 6.07) is 8.00. The molecule has 5 N–H and O–H groups in total. The van der Waals surface area contributed by atoms with Crippen LogP contribution in [0.2, 0.25) is 0 Å². The van der Waals surface area contributed by atoms with Gasteiger partial charge in [-0.05, 0) is 11.6 Å². The summed E-state index contributed by atoms with van der Waals surface area (Å²) >= 11 is 0. The number of nitrogens with one attached hydrogen (secondary N) is 1. The lowest BCUT2D eigenvalue weighted by Gasteiger charge is -2.26. The number of hydrazine groups is 1. The normalized spacial score (nSPS) is 22.1. The highest BCUT2D eigenvalue weighted by molar-refractivity contribution is 5.74. The Morgan fingerprint density at radius 1 is 1.25 bits per heavy atom. The number of hydrogen-bond donors (Lipinski definition) is 3. The lowest BCUT2D eigenvalue weighted by Crippen LogP contribution is -2.31. The third-order valence-electron chi connectivity index (χ3n) is 3.34. The fourth-order valence-corrected chi connectivity index (χ4v) is 2.39. The molecule has 4 nitrogen and oxygen atoms in total. The molecule has 0 saturated carbocycles. The van der Waals surface area contributed by atoms with Crippen LogP contribution in [0.5, 0.6) is 0 Å². The summed E-state index contributed by atoms with van der Waals surface area (Å²) in [6.45, 7) is 8.38. The van der Waals surface area contributed by atoms with Gasteiger partial charge in [0.1, 0.15) is 0 Å². The van der Waals surface area contributed by atoms with Crippen LogP contribution in [-0.4, -0.2) is 12.1 Å². The molecule has 1 aliphatic rings. The minimum Gasteiger partial charge on any atom is -0.396 e. The number of fused-ring (bicyclic) bond motifs is 1. The Morgan fingerprint density at radius 3 is 2.55 bits per heavy atom. The first-order chi connectivity index (χ1) is 9.60. The SMILES string of the molecule is C=C/C1=C(C=C)/C(N(C)N)=C(/N)c2ccccc2CN1. The number of likely N-dealkylation sites (N-methyl/N-ethyl adjacent to an activating group) is 1. The second-order valence-corrected chi connectivity index (χ2v) is 4.62. The molecule has 4 heteroatoms. The molecule has 2 rings (SSSR count). The lowest BCUT2D eigenvalue weighted by atomic mass is 9.97. The molecule has 0 spiro atoms. The van der Waals surface area contributed by atoms with Crippen LogP contribution in [0, 0.1) is 0 Å². The first-order valence-electron chi connectivity index (χ1n) is 6.40. The van der Waals surface area contributed by atoms with Crippen molar-refractivity contribution in [2.24, 2.45) is 11.6 Å². The molecule has 1 aliphatic heterocycles. The summed E-state index contributed by atoms with van der Waals surface area (Å²) in [5.41, 5.74) is 11.5. The molecule has 104 valence electrons. The van der Waals surface area contributed by atoms with Crippen molar-refractivity contribution in [2.75, 3.05) is 7.05 Å². The maximum Gasteiger partial charge on any atom is 0.0843 e. The van der Waals surface area contributed by atoms with Gasteiger partial charge in [-0.2, -0.15) is 0 Å². The Kier molecular flexibility index (Phi) is 3.96. The Balaban J connectivity index is 2.78. The molecule has 1 aromatic carbocycles. The average Bonchev–Trinajstić information content (AvgIpc) is 2.44. The van der Waals surface area contributed by atoms with Gasteiger partial charge in [0.25, 0.3) is 0 Å². The minimum absolute atomic E-state index is 0.640. The molecule has 1 heterocycles. The lowest BCUT2D eigenvalue weighted by molar-refractivity contribution is 0.450. The fraction of sp³-hybridized carbons (Fsp3) is 0.125. The third-order valence-corrected chi connectivity index (χ3v) is 3.34. The molecular weight excluding hydrogens is 248 g/mol. The molecule has 0 aromatic heterocycles. The van der Waals surface area contributed by atoms with Crippen molar-refractivity contribution in [3.63, 3.8) is 0 Å². The number of rotatable bonds is 3. The molecule has 20 heavy (non-hydrogen) atoms. The maximum absolute atomic E-state index is 6.36. The van der Waals surface area contributed by atoms with Gasteiger partial charge in [-0.3, -0.25) is 0 Å². The molecule has 0 unspecified atom stereocenters. The molecule has 0 bridgehead atoms. The topological polar surface area (TPSA) is 67.3 Å². The van der Waals surface area contributed by atoms with Crippen molar-refractivity contribution in [1.82, 2.24) is 10.3 Å². The highest BCUT2D eigenvalue weighted by atomic mass is 15.4. The van der Waals surface area contributed by atoms with Gasteiger partial charge in [0.15, 0.2) is 0 Å². The number of hydrogen-bond acceptors (Lipinski definition) is 4. The van der Waals surface area contributed by atoms with Gasteiger partial charge in [-0.25, -0.2) is 5.84 Å². The quantitative estimate of drug-likeness (QED) is 0.578. The molecule has 0 aliphatic carbocycles. The fourth-order valence-electron chi connectivity index (χ4n) is 2.39. The molecule has 0 amide bonds. The van der Waals surface area contributed by atoms with E-state index in [2.05, 4.69) is 18.5 Å². The summed E-state index contributed by atoms with van der Waals surface area (Å²) < 4.78 is 0. The van der Waals surface area contributed by atoms with Crippen LogP contribution in [0.15, 0.2) is 66.5 Å². The van der Waals surface area contributed by atoms with Gasteiger partial charge in [-0.15, -0.1) is 0 Å². The highest BCUT2D eigenvalue weighted by Gasteiger charge is 2.19. The predicted molar refractivity (Wildman–Crippen MR) is 83.8 cm³/mol. The molecule has 0 atom stereocenters. The van der Waals surface area contributed by atoms with E-state index in [1.54, 1.807) is 19.2 Å². The second kappa shape index (κ2) is 5.67. The van der Waals surface area contributed by atoms with Gasteiger partial charge in [0.2, 0.25) is 0 Å². The highest BCUT2D eigenvalue weighted by Crippen LogP contribution is 2.28. The Labute approximate surface area is 119 Å². The minimum atomic E-state index is 0.640. The Hall–Kier alpha value is -2.46. The Morgan fingerprint density at radius 2 is 1.95 bits per heavy atom. The van der Waals surface area contributed by atoms with Crippen molar-refractivity contribution < 1.29 is 0 Å². The molecule has 1 aromatic rings. The number of nitrogens with two attached hydrogens (primary N) is 2. The van der Waals surface area contributed by atoms with E-state index in [9.17, 15) is 0 Å². The largest absolute Gasteiger partial charge is 0.396 e. The predicted octanol–water partition coefficient (Wildman–Crippen LogP) is 1.85. The number of nitrogens with zero attached hydrogens (tertiary/aromatic N) is 1. The van der Waals surface area contributed by atoms with E-state index in [0.717, 1.165) is 28.1 Å². The van der Waals surface area contributed by atoms with E-state index in [4.69, 9.17) is 11.6 Å². The van der Waals surface area contributed by atoms with Crippen molar-refractivity contribution in [1.29, 1.82) is 0 Å². The van der Waals surface area contributed by atoms with E-state index < -0.39 is 0 Å². The zero-order valence-corrected chi connectivity index (χ0v) is 11.7. The van der Waals surface area contributed by atoms with E-state index in [1.807, 2.05) is 24.3 Å². The third kappa shape index (κ3) is 2.33. The van der Waals surface area contributed by atoms with Gasteiger partial charge < -0.3 is 16.1 Å². The zero-order chi connectivity index (χ0) is 14.7.